The molecule has 1 N–H and O–H groups in total. The number of rotatable bonds is 7. The highest BCUT2D eigenvalue weighted by Gasteiger charge is 2.11. The normalized spacial score (nSPS) is 11.6. The van der Waals surface area contributed by atoms with Gasteiger partial charge in [-0.15, -0.1) is 0 Å². The largest absolute Gasteiger partial charge is 0.357 e. The van der Waals surface area contributed by atoms with Crippen LogP contribution in [0.15, 0.2) is 40.1 Å². The number of aromatic nitrogens is 5. The van der Waals surface area contributed by atoms with Crippen molar-refractivity contribution >= 4 is 17.6 Å². The van der Waals surface area contributed by atoms with Crippen LogP contribution >= 0.6 is 11.6 Å². The SMILES string of the molecule is CCNC(=NCCc1nc(-c2ccc(Cl)cc2)no1)N(C)Cc1ncnn1C. The summed E-state index contributed by atoms with van der Waals surface area (Å²) >= 11 is 5.91. The number of halogens is 1. The molecule has 0 amide bonds. The quantitative estimate of drug-likeness (QED) is 0.477. The molecule has 0 unspecified atom stereocenters. The Bertz CT molecular complexity index is 918. The van der Waals surface area contributed by atoms with Crippen molar-refractivity contribution in [3.8, 4) is 11.4 Å². The molecule has 3 rings (SSSR count). The Morgan fingerprint density at radius 3 is 2.79 bits per heavy atom. The first-order valence-corrected chi connectivity index (χ1v) is 9.35. The summed E-state index contributed by atoms with van der Waals surface area (Å²) in [5.74, 6) is 2.73. The molecule has 9 nitrogen and oxygen atoms in total. The molecule has 0 aliphatic rings. The molecule has 2 heterocycles. The van der Waals surface area contributed by atoms with Crippen LogP contribution in [0.1, 0.15) is 18.6 Å². The van der Waals surface area contributed by atoms with Crippen molar-refractivity contribution in [3.05, 3.63) is 47.3 Å². The number of benzene rings is 1. The third-order valence-electron chi connectivity index (χ3n) is 4.04. The number of hydrogen-bond acceptors (Lipinski definition) is 6. The van der Waals surface area contributed by atoms with Gasteiger partial charge in [0, 0.05) is 37.6 Å². The van der Waals surface area contributed by atoms with Gasteiger partial charge in [-0.1, -0.05) is 16.8 Å². The zero-order valence-electron chi connectivity index (χ0n) is 16.1. The van der Waals surface area contributed by atoms with Crippen molar-refractivity contribution in [3.63, 3.8) is 0 Å². The van der Waals surface area contributed by atoms with E-state index in [4.69, 9.17) is 16.1 Å². The predicted molar refractivity (Wildman–Crippen MR) is 107 cm³/mol. The number of aliphatic imine (C=N–C) groups is 1. The minimum atomic E-state index is 0.522. The Labute approximate surface area is 168 Å². The van der Waals surface area contributed by atoms with Gasteiger partial charge in [-0.2, -0.15) is 10.1 Å². The van der Waals surface area contributed by atoms with Crippen molar-refractivity contribution in [1.29, 1.82) is 0 Å². The summed E-state index contributed by atoms with van der Waals surface area (Å²) in [6.45, 7) is 3.92. The molecule has 0 atom stereocenters. The molecular formula is C18H23ClN8O. The van der Waals surface area contributed by atoms with E-state index in [9.17, 15) is 0 Å². The fourth-order valence-corrected chi connectivity index (χ4v) is 2.68. The third kappa shape index (κ3) is 5.07. The van der Waals surface area contributed by atoms with Crippen molar-refractivity contribution in [2.75, 3.05) is 20.1 Å². The van der Waals surface area contributed by atoms with E-state index >= 15 is 0 Å². The van der Waals surface area contributed by atoms with Crippen LogP contribution in [0.2, 0.25) is 5.02 Å². The molecule has 0 spiro atoms. The summed E-state index contributed by atoms with van der Waals surface area (Å²) in [6, 6.07) is 7.32. The zero-order chi connectivity index (χ0) is 19.9. The second-order valence-corrected chi connectivity index (χ2v) is 6.60. The van der Waals surface area contributed by atoms with Crippen molar-refractivity contribution in [1.82, 2.24) is 35.1 Å². The topological polar surface area (TPSA) is 97.3 Å². The maximum atomic E-state index is 5.91. The van der Waals surface area contributed by atoms with E-state index in [0.29, 0.717) is 36.2 Å². The summed E-state index contributed by atoms with van der Waals surface area (Å²) in [7, 11) is 3.83. The number of nitrogens with one attached hydrogen (secondary N) is 1. The summed E-state index contributed by atoms with van der Waals surface area (Å²) in [5.41, 5.74) is 0.861. The Morgan fingerprint density at radius 1 is 1.32 bits per heavy atom. The number of aryl methyl sites for hydroxylation is 1. The highest BCUT2D eigenvalue weighted by atomic mass is 35.5. The molecule has 0 saturated carbocycles. The first-order chi connectivity index (χ1) is 13.6. The van der Waals surface area contributed by atoms with Crippen LogP contribution in [0.5, 0.6) is 0 Å². The molecule has 3 aromatic rings. The average molecular weight is 403 g/mol. The first-order valence-electron chi connectivity index (χ1n) is 8.97. The van der Waals surface area contributed by atoms with Gasteiger partial charge in [0.2, 0.25) is 11.7 Å². The summed E-state index contributed by atoms with van der Waals surface area (Å²) in [4.78, 5) is 15.3. The molecule has 10 heteroatoms. The van der Waals surface area contributed by atoms with Crippen molar-refractivity contribution in [2.24, 2.45) is 12.0 Å². The van der Waals surface area contributed by atoms with E-state index in [2.05, 4.69) is 30.5 Å². The Hall–Kier alpha value is -2.94. The lowest BCUT2D eigenvalue weighted by atomic mass is 10.2. The van der Waals surface area contributed by atoms with Crippen LogP contribution in [-0.2, 0) is 20.0 Å². The fraction of sp³-hybridized carbons (Fsp3) is 0.389. The Kier molecular flexibility index (Phi) is 6.59. The van der Waals surface area contributed by atoms with E-state index < -0.39 is 0 Å². The van der Waals surface area contributed by atoms with Crippen LogP contribution in [0, 0.1) is 0 Å². The van der Waals surface area contributed by atoms with Crippen LogP contribution in [-0.4, -0.2) is 55.9 Å². The fourth-order valence-electron chi connectivity index (χ4n) is 2.55. The second kappa shape index (κ2) is 9.32. The van der Waals surface area contributed by atoms with Crippen LogP contribution in [0.4, 0.5) is 0 Å². The molecular weight excluding hydrogens is 380 g/mol. The highest BCUT2D eigenvalue weighted by molar-refractivity contribution is 6.30. The van der Waals surface area contributed by atoms with Gasteiger partial charge >= 0.3 is 0 Å². The van der Waals surface area contributed by atoms with Gasteiger partial charge in [0.25, 0.3) is 0 Å². The van der Waals surface area contributed by atoms with Crippen molar-refractivity contribution < 1.29 is 4.52 Å². The first kappa shape index (κ1) is 19.8. The van der Waals surface area contributed by atoms with Crippen LogP contribution in [0.3, 0.4) is 0 Å². The van der Waals surface area contributed by atoms with Gasteiger partial charge in [0.1, 0.15) is 12.2 Å². The number of nitrogens with zero attached hydrogens (tertiary/aromatic N) is 7. The third-order valence-corrected chi connectivity index (χ3v) is 4.29. The Morgan fingerprint density at radius 2 is 2.11 bits per heavy atom. The minimum absolute atomic E-state index is 0.522. The molecule has 0 saturated heterocycles. The maximum Gasteiger partial charge on any atom is 0.228 e. The van der Waals surface area contributed by atoms with Gasteiger partial charge in [0.15, 0.2) is 5.96 Å². The molecule has 0 fully saturated rings. The molecule has 0 aliphatic heterocycles. The second-order valence-electron chi connectivity index (χ2n) is 6.16. The monoisotopic (exact) mass is 402 g/mol. The summed E-state index contributed by atoms with van der Waals surface area (Å²) < 4.78 is 7.08. The van der Waals surface area contributed by atoms with Crippen molar-refractivity contribution in [2.45, 2.75) is 19.9 Å². The lowest BCUT2D eigenvalue weighted by Crippen LogP contribution is -2.39. The van der Waals surface area contributed by atoms with Gasteiger partial charge in [-0.05, 0) is 31.2 Å². The molecule has 0 bridgehead atoms. The zero-order valence-corrected chi connectivity index (χ0v) is 16.9. The number of hydrogen-bond donors (Lipinski definition) is 1. The van der Waals surface area contributed by atoms with Gasteiger partial charge < -0.3 is 14.7 Å². The lowest BCUT2D eigenvalue weighted by molar-refractivity contribution is 0.379. The number of guanidine groups is 1. The summed E-state index contributed by atoms with van der Waals surface area (Å²) in [6.07, 6.45) is 2.09. The van der Waals surface area contributed by atoms with Gasteiger partial charge in [-0.3, -0.25) is 9.67 Å². The van der Waals surface area contributed by atoms with E-state index in [1.165, 1.54) is 0 Å². The molecule has 0 aliphatic carbocycles. The van der Waals surface area contributed by atoms with Gasteiger partial charge in [0.05, 0.1) is 13.1 Å². The lowest BCUT2D eigenvalue weighted by Gasteiger charge is -2.21. The average Bonchev–Trinajstić information content (AvgIpc) is 3.31. The van der Waals surface area contributed by atoms with Crippen LogP contribution < -0.4 is 5.32 Å². The molecule has 148 valence electrons. The van der Waals surface area contributed by atoms with E-state index in [-0.39, 0.29) is 0 Å². The summed E-state index contributed by atoms with van der Waals surface area (Å²) in [5, 5.41) is 12.1. The maximum absolute atomic E-state index is 5.91. The highest BCUT2D eigenvalue weighted by Crippen LogP contribution is 2.18. The molecule has 28 heavy (non-hydrogen) atoms. The minimum Gasteiger partial charge on any atom is -0.357 e. The predicted octanol–water partition coefficient (Wildman–Crippen LogP) is 2.16. The van der Waals surface area contributed by atoms with Crippen LogP contribution in [0.25, 0.3) is 11.4 Å². The van der Waals surface area contributed by atoms with E-state index in [1.54, 1.807) is 23.1 Å². The van der Waals surface area contributed by atoms with E-state index in [1.807, 2.05) is 38.1 Å². The molecule has 0 radical (unpaired) electrons. The van der Waals surface area contributed by atoms with E-state index in [0.717, 1.165) is 23.9 Å². The van der Waals surface area contributed by atoms with Gasteiger partial charge in [-0.25, -0.2) is 4.98 Å². The molecule has 2 aromatic heterocycles. The smallest absolute Gasteiger partial charge is 0.228 e. The standard InChI is InChI=1S/C18H23ClN8O/c1-4-20-18(26(2)11-15-22-12-23-27(15)3)21-10-9-16-24-17(25-28-16)13-5-7-14(19)8-6-13/h5-8,12H,4,9-11H2,1-3H3,(H,20,21). The molecule has 1 aromatic carbocycles. The Balaban J connectivity index is 1.60.